The van der Waals surface area contributed by atoms with Crippen molar-refractivity contribution in [1.29, 1.82) is 0 Å². The van der Waals surface area contributed by atoms with Crippen LogP contribution in [0, 0.1) is 0 Å². The first-order valence-electron chi connectivity index (χ1n) is 10.3. The Morgan fingerprint density at radius 3 is 2.47 bits per heavy atom. The van der Waals surface area contributed by atoms with Crippen molar-refractivity contribution in [3.05, 3.63) is 102 Å². The second-order valence-corrected chi connectivity index (χ2v) is 8.55. The van der Waals surface area contributed by atoms with Crippen molar-refractivity contribution in [1.82, 2.24) is 10.3 Å². The van der Waals surface area contributed by atoms with E-state index in [0.717, 1.165) is 11.8 Å². The molecule has 0 saturated heterocycles. The van der Waals surface area contributed by atoms with Crippen LogP contribution in [0.25, 0.3) is 10.9 Å². The number of rotatable bonds is 6. The number of para-hydroxylation sites is 2. The smallest absolute Gasteiger partial charge is 0.266 e. The summed E-state index contributed by atoms with van der Waals surface area (Å²) in [5.74, 6) is 0.0188. The topological polar surface area (TPSA) is 82.5 Å². The highest BCUT2D eigenvalue weighted by Gasteiger charge is 2.40. The maximum atomic E-state index is 13.2. The molecule has 3 atom stereocenters. The molecule has 0 bridgehead atoms. The highest BCUT2D eigenvalue weighted by atomic mass is 32.2. The molecule has 0 radical (unpaired) electrons. The predicted molar refractivity (Wildman–Crippen MR) is 126 cm³/mol. The number of fused-ring (bicyclic) bond motifs is 1. The quantitative estimate of drug-likeness (QED) is 0.420. The lowest BCUT2D eigenvalue weighted by Gasteiger charge is -2.23. The molecule has 1 fully saturated rings. The average Bonchev–Trinajstić information content (AvgIpc) is 3.59. The van der Waals surface area contributed by atoms with Crippen molar-refractivity contribution >= 4 is 39.5 Å². The highest BCUT2D eigenvalue weighted by molar-refractivity contribution is 7.81. The Morgan fingerprint density at radius 1 is 0.938 bits per heavy atom. The first-order valence-corrected chi connectivity index (χ1v) is 11.4. The van der Waals surface area contributed by atoms with Crippen LogP contribution < -0.4 is 9.62 Å². The molecule has 6 nitrogen and oxygen atoms in total. The van der Waals surface area contributed by atoms with Crippen molar-refractivity contribution in [3.63, 3.8) is 0 Å². The summed E-state index contributed by atoms with van der Waals surface area (Å²) in [4.78, 5) is 17.6. The van der Waals surface area contributed by atoms with Crippen LogP contribution in [0.15, 0.2) is 91.1 Å². The highest BCUT2D eigenvalue weighted by Crippen LogP contribution is 2.41. The van der Waals surface area contributed by atoms with Crippen LogP contribution in [0.1, 0.15) is 28.3 Å². The number of pyridine rings is 1. The Morgan fingerprint density at radius 2 is 1.66 bits per heavy atom. The minimum Gasteiger partial charge on any atom is -0.349 e. The summed E-state index contributed by atoms with van der Waals surface area (Å²) in [6, 6.07) is 26.1. The van der Waals surface area contributed by atoms with E-state index in [2.05, 4.69) is 22.4 Å². The number of hydrogen-bond donors (Lipinski definition) is 2. The Hall–Kier alpha value is -3.55. The van der Waals surface area contributed by atoms with Gasteiger partial charge in [-0.2, -0.15) is 0 Å². The molecule has 3 aromatic carbocycles. The fourth-order valence-electron chi connectivity index (χ4n) is 4.06. The summed E-state index contributed by atoms with van der Waals surface area (Å²) >= 11 is -2.41. The molecule has 7 heteroatoms. The van der Waals surface area contributed by atoms with Gasteiger partial charge in [-0.25, -0.2) is 8.51 Å². The van der Waals surface area contributed by atoms with E-state index in [1.54, 1.807) is 42.6 Å². The van der Waals surface area contributed by atoms with E-state index in [0.29, 0.717) is 22.5 Å². The lowest BCUT2D eigenvalue weighted by molar-refractivity contribution is 0.0951. The lowest BCUT2D eigenvalue weighted by Crippen LogP contribution is -2.29. The van der Waals surface area contributed by atoms with Gasteiger partial charge in [-0.1, -0.05) is 60.7 Å². The number of nitrogens with one attached hydrogen (secondary N) is 1. The minimum atomic E-state index is -2.41. The van der Waals surface area contributed by atoms with Crippen LogP contribution in [0.5, 0.6) is 0 Å². The van der Waals surface area contributed by atoms with Crippen molar-refractivity contribution in [2.24, 2.45) is 0 Å². The van der Waals surface area contributed by atoms with Crippen molar-refractivity contribution in [2.45, 2.75) is 18.4 Å². The van der Waals surface area contributed by atoms with E-state index in [-0.39, 0.29) is 17.9 Å². The Bertz CT molecular complexity index is 1310. The standard InChI is InChI=1S/C25H21N3O3S/c29-25(27-21-16-20(21)17-8-2-1-3-9-17)19-12-4-5-13-22(19)28(32(30)31)23-14-6-10-18-11-7-15-26-24(18)23/h1-15,20-21H,16H2,(H,27,29)(H,30,31). The third-order valence-electron chi connectivity index (χ3n) is 5.69. The van der Waals surface area contributed by atoms with E-state index in [1.807, 2.05) is 36.4 Å². The van der Waals surface area contributed by atoms with Crippen LogP contribution >= 0.6 is 0 Å². The zero-order chi connectivity index (χ0) is 22.1. The first kappa shape index (κ1) is 20.4. The molecule has 32 heavy (non-hydrogen) atoms. The van der Waals surface area contributed by atoms with E-state index in [1.165, 1.54) is 9.87 Å². The van der Waals surface area contributed by atoms with Crippen LogP contribution in [-0.4, -0.2) is 25.7 Å². The molecule has 1 amide bonds. The molecular formula is C25H21N3O3S. The molecule has 2 N–H and O–H groups in total. The fraction of sp³-hybridized carbons (Fsp3) is 0.120. The number of anilines is 2. The number of amides is 1. The molecule has 1 aliphatic rings. The largest absolute Gasteiger partial charge is 0.349 e. The Kier molecular flexibility index (Phi) is 5.43. The Balaban J connectivity index is 1.48. The van der Waals surface area contributed by atoms with Gasteiger partial charge in [0.15, 0.2) is 0 Å². The van der Waals surface area contributed by atoms with Crippen LogP contribution in [-0.2, 0) is 11.3 Å². The fourth-order valence-corrected chi connectivity index (χ4v) is 4.71. The number of carbonyl (C=O) groups excluding carboxylic acids is 1. The molecule has 1 aromatic heterocycles. The number of hydrogen-bond acceptors (Lipinski definition) is 3. The molecule has 5 rings (SSSR count). The van der Waals surface area contributed by atoms with Gasteiger partial charge in [0.2, 0.25) is 0 Å². The summed E-state index contributed by atoms with van der Waals surface area (Å²) in [5, 5.41) is 3.92. The molecular weight excluding hydrogens is 422 g/mol. The summed E-state index contributed by atoms with van der Waals surface area (Å²) in [5.41, 5.74) is 2.92. The Labute approximate surface area is 188 Å². The SMILES string of the molecule is O=C(NC1CC1c1ccccc1)c1ccccc1N(c1cccc2cccnc12)S(=O)O. The van der Waals surface area contributed by atoms with Crippen LogP contribution in [0.2, 0.25) is 0 Å². The average molecular weight is 444 g/mol. The van der Waals surface area contributed by atoms with Gasteiger partial charge in [0.1, 0.15) is 0 Å². The molecule has 0 aliphatic heterocycles. The van der Waals surface area contributed by atoms with Crippen molar-refractivity contribution in [3.8, 4) is 0 Å². The summed E-state index contributed by atoms with van der Waals surface area (Å²) in [6.45, 7) is 0. The second kappa shape index (κ2) is 8.53. The first-order chi connectivity index (χ1) is 15.6. The molecule has 0 spiro atoms. The molecule has 4 aromatic rings. The molecule has 160 valence electrons. The van der Waals surface area contributed by atoms with Crippen molar-refractivity contribution < 1.29 is 13.6 Å². The maximum Gasteiger partial charge on any atom is 0.266 e. The van der Waals surface area contributed by atoms with Gasteiger partial charge in [-0.15, -0.1) is 0 Å². The van der Waals surface area contributed by atoms with Crippen LogP contribution in [0.3, 0.4) is 0 Å². The zero-order valence-corrected chi connectivity index (χ0v) is 17.9. The summed E-state index contributed by atoms with van der Waals surface area (Å²) < 4.78 is 23.9. The number of aromatic nitrogens is 1. The third-order valence-corrected chi connectivity index (χ3v) is 6.39. The van der Waals surface area contributed by atoms with E-state index in [4.69, 9.17) is 0 Å². The zero-order valence-electron chi connectivity index (χ0n) is 17.1. The van der Waals surface area contributed by atoms with Gasteiger partial charge in [0, 0.05) is 23.5 Å². The number of carbonyl (C=O) groups is 1. The van der Waals surface area contributed by atoms with Crippen molar-refractivity contribution in [2.75, 3.05) is 4.31 Å². The number of benzene rings is 3. The lowest BCUT2D eigenvalue weighted by atomic mass is 10.1. The monoisotopic (exact) mass is 443 g/mol. The van der Waals surface area contributed by atoms with Gasteiger partial charge in [-0.3, -0.25) is 14.3 Å². The van der Waals surface area contributed by atoms with Gasteiger partial charge < -0.3 is 5.32 Å². The van der Waals surface area contributed by atoms with Gasteiger partial charge >= 0.3 is 0 Å². The van der Waals surface area contributed by atoms with E-state index < -0.39 is 11.3 Å². The third kappa shape index (κ3) is 3.88. The summed E-state index contributed by atoms with van der Waals surface area (Å²) in [7, 11) is 0. The molecule has 1 saturated carbocycles. The van der Waals surface area contributed by atoms with E-state index >= 15 is 0 Å². The normalized spacial score (nSPS) is 18.2. The maximum absolute atomic E-state index is 13.2. The van der Waals surface area contributed by atoms with Gasteiger partial charge in [-0.05, 0) is 36.2 Å². The van der Waals surface area contributed by atoms with Crippen LogP contribution in [0.4, 0.5) is 11.4 Å². The molecule has 1 aliphatic carbocycles. The molecule has 3 unspecified atom stereocenters. The van der Waals surface area contributed by atoms with Gasteiger partial charge in [0.05, 0.1) is 22.5 Å². The van der Waals surface area contributed by atoms with E-state index in [9.17, 15) is 13.6 Å². The minimum absolute atomic E-state index is 0.0465. The second-order valence-electron chi connectivity index (χ2n) is 7.73. The predicted octanol–water partition coefficient (Wildman–Crippen LogP) is 4.80. The number of nitrogens with zero attached hydrogens (tertiary/aromatic N) is 2. The summed E-state index contributed by atoms with van der Waals surface area (Å²) in [6.07, 6.45) is 2.51. The molecule has 1 heterocycles. The van der Waals surface area contributed by atoms with Gasteiger partial charge in [0.25, 0.3) is 17.2 Å².